The van der Waals surface area contributed by atoms with Gasteiger partial charge in [0.05, 0.1) is 6.20 Å². The molecule has 72 valence electrons. The lowest BCUT2D eigenvalue weighted by Gasteiger charge is -2.16. The van der Waals surface area contributed by atoms with Gasteiger partial charge in [-0.25, -0.2) is 4.98 Å². The Bertz CT molecular complexity index is 349. The minimum atomic E-state index is -0.255. The molecule has 13 heavy (non-hydrogen) atoms. The number of nitrogen functional groups attached to an aromatic ring is 1. The second kappa shape index (κ2) is 3.20. The lowest BCUT2D eigenvalue weighted by atomic mass is 9.92. The van der Waals surface area contributed by atoms with E-state index in [2.05, 4.69) is 30.7 Å². The van der Waals surface area contributed by atoms with E-state index in [9.17, 15) is 4.79 Å². The van der Waals surface area contributed by atoms with Gasteiger partial charge in [0.25, 0.3) is 5.56 Å². The van der Waals surface area contributed by atoms with Gasteiger partial charge in [-0.3, -0.25) is 4.79 Å². The molecular formula is C9H15N3O. The summed E-state index contributed by atoms with van der Waals surface area (Å²) < 4.78 is 0. The number of aromatic nitrogens is 2. The van der Waals surface area contributed by atoms with Crippen molar-refractivity contribution in [3.8, 4) is 0 Å². The number of nitrogens with two attached hydrogens (primary N) is 1. The van der Waals surface area contributed by atoms with E-state index in [4.69, 9.17) is 5.73 Å². The summed E-state index contributed by atoms with van der Waals surface area (Å²) in [5.41, 5.74) is 5.37. The molecule has 0 atom stereocenters. The predicted molar refractivity (Wildman–Crippen MR) is 52.4 cm³/mol. The highest BCUT2D eigenvalue weighted by Gasteiger charge is 2.12. The van der Waals surface area contributed by atoms with Crippen LogP contribution in [0, 0.1) is 5.41 Å². The number of H-pyrrole nitrogens is 1. The molecular weight excluding hydrogens is 166 g/mol. The third-order valence-electron chi connectivity index (χ3n) is 1.58. The van der Waals surface area contributed by atoms with Crippen molar-refractivity contribution in [2.75, 3.05) is 5.73 Å². The van der Waals surface area contributed by atoms with Crippen LogP contribution in [0.25, 0.3) is 0 Å². The Morgan fingerprint density at radius 2 is 2.15 bits per heavy atom. The van der Waals surface area contributed by atoms with Crippen molar-refractivity contribution < 1.29 is 0 Å². The maximum absolute atomic E-state index is 11.1. The maximum atomic E-state index is 11.1. The van der Waals surface area contributed by atoms with Gasteiger partial charge in [0.15, 0.2) is 0 Å². The van der Waals surface area contributed by atoms with Gasteiger partial charge < -0.3 is 10.7 Å². The van der Waals surface area contributed by atoms with E-state index in [0.717, 1.165) is 6.42 Å². The average Bonchev–Trinajstić information content (AvgIpc) is 1.94. The first kappa shape index (κ1) is 9.77. The topological polar surface area (TPSA) is 71.8 Å². The quantitative estimate of drug-likeness (QED) is 0.677. The van der Waals surface area contributed by atoms with Crippen LogP contribution in [0.4, 0.5) is 5.69 Å². The molecule has 3 N–H and O–H groups in total. The first-order valence-corrected chi connectivity index (χ1v) is 4.22. The van der Waals surface area contributed by atoms with Crippen LogP contribution in [-0.4, -0.2) is 9.97 Å². The lowest BCUT2D eigenvalue weighted by Crippen LogP contribution is -2.19. The fourth-order valence-corrected chi connectivity index (χ4v) is 1.03. The molecule has 0 amide bonds. The zero-order valence-corrected chi connectivity index (χ0v) is 8.22. The highest BCUT2D eigenvalue weighted by atomic mass is 16.1. The highest BCUT2D eigenvalue weighted by molar-refractivity contribution is 5.30. The molecule has 0 radical (unpaired) electrons. The summed E-state index contributed by atoms with van der Waals surface area (Å²) >= 11 is 0. The first-order chi connectivity index (χ1) is 5.88. The molecule has 4 nitrogen and oxygen atoms in total. The second-order valence-electron chi connectivity index (χ2n) is 4.35. The molecule has 0 aromatic carbocycles. The van der Waals surface area contributed by atoms with Gasteiger partial charge in [0.1, 0.15) is 11.5 Å². The van der Waals surface area contributed by atoms with E-state index in [0.29, 0.717) is 5.82 Å². The lowest BCUT2D eigenvalue weighted by molar-refractivity contribution is 0.400. The van der Waals surface area contributed by atoms with Crippen LogP contribution < -0.4 is 11.3 Å². The maximum Gasteiger partial charge on any atom is 0.274 e. The number of aromatic amines is 1. The predicted octanol–water partition coefficient (Wildman–Crippen LogP) is 0.941. The largest absolute Gasteiger partial charge is 0.393 e. The summed E-state index contributed by atoms with van der Waals surface area (Å²) in [5, 5.41) is 0. The third-order valence-corrected chi connectivity index (χ3v) is 1.58. The Morgan fingerprint density at radius 3 is 2.62 bits per heavy atom. The Labute approximate surface area is 77.2 Å². The van der Waals surface area contributed by atoms with Gasteiger partial charge in [0, 0.05) is 6.42 Å². The number of nitrogens with one attached hydrogen (secondary N) is 1. The van der Waals surface area contributed by atoms with Crippen molar-refractivity contribution in [1.29, 1.82) is 0 Å². The molecule has 0 saturated carbocycles. The Hall–Kier alpha value is -1.32. The van der Waals surface area contributed by atoms with E-state index in [1.807, 2.05) is 0 Å². The van der Waals surface area contributed by atoms with Crippen molar-refractivity contribution in [2.45, 2.75) is 27.2 Å². The monoisotopic (exact) mass is 181 g/mol. The molecule has 0 aliphatic carbocycles. The van der Waals surface area contributed by atoms with Crippen LogP contribution in [-0.2, 0) is 6.42 Å². The van der Waals surface area contributed by atoms with Crippen molar-refractivity contribution >= 4 is 5.69 Å². The van der Waals surface area contributed by atoms with E-state index in [-0.39, 0.29) is 16.7 Å². The SMILES string of the molecule is CC(C)(C)Cc1ncc(N)c(=O)[nH]1. The molecule has 1 aromatic heterocycles. The smallest absolute Gasteiger partial charge is 0.274 e. The van der Waals surface area contributed by atoms with E-state index < -0.39 is 0 Å². The zero-order valence-electron chi connectivity index (χ0n) is 8.22. The average molecular weight is 181 g/mol. The molecule has 1 aromatic rings. The first-order valence-electron chi connectivity index (χ1n) is 4.22. The van der Waals surface area contributed by atoms with Gasteiger partial charge >= 0.3 is 0 Å². The summed E-state index contributed by atoms with van der Waals surface area (Å²) in [6, 6.07) is 0. The Morgan fingerprint density at radius 1 is 1.54 bits per heavy atom. The van der Waals surface area contributed by atoms with Gasteiger partial charge in [-0.05, 0) is 5.41 Å². The van der Waals surface area contributed by atoms with Crippen LogP contribution in [0.2, 0.25) is 0 Å². The summed E-state index contributed by atoms with van der Waals surface area (Å²) in [6.07, 6.45) is 2.14. The zero-order chi connectivity index (χ0) is 10.1. The minimum Gasteiger partial charge on any atom is -0.393 e. The van der Waals surface area contributed by atoms with Crippen molar-refractivity contribution in [2.24, 2.45) is 5.41 Å². The molecule has 0 spiro atoms. The van der Waals surface area contributed by atoms with Crippen LogP contribution in [0.3, 0.4) is 0 Å². The summed E-state index contributed by atoms with van der Waals surface area (Å²) in [6.45, 7) is 6.26. The molecule has 4 heteroatoms. The molecule has 0 fully saturated rings. The van der Waals surface area contributed by atoms with Crippen LogP contribution >= 0.6 is 0 Å². The number of hydrogen-bond donors (Lipinski definition) is 2. The fourth-order valence-electron chi connectivity index (χ4n) is 1.03. The number of nitrogens with zero attached hydrogens (tertiary/aromatic N) is 1. The van der Waals surface area contributed by atoms with Crippen LogP contribution in [0.5, 0.6) is 0 Å². The van der Waals surface area contributed by atoms with Gasteiger partial charge in [-0.1, -0.05) is 20.8 Å². The highest BCUT2D eigenvalue weighted by Crippen LogP contribution is 2.17. The molecule has 0 aliphatic heterocycles. The van der Waals surface area contributed by atoms with Gasteiger partial charge in [-0.2, -0.15) is 0 Å². The third kappa shape index (κ3) is 2.89. The normalized spacial score (nSPS) is 11.6. The van der Waals surface area contributed by atoms with Crippen molar-refractivity contribution in [3.63, 3.8) is 0 Å². The van der Waals surface area contributed by atoms with Crippen molar-refractivity contribution in [3.05, 3.63) is 22.4 Å². The fraction of sp³-hybridized carbons (Fsp3) is 0.556. The molecule has 0 aliphatic rings. The van der Waals surface area contributed by atoms with E-state index in [1.54, 1.807) is 0 Å². The van der Waals surface area contributed by atoms with Gasteiger partial charge in [0.2, 0.25) is 0 Å². The second-order valence-corrected chi connectivity index (χ2v) is 4.35. The van der Waals surface area contributed by atoms with E-state index in [1.165, 1.54) is 6.20 Å². The molecule has 0 unspecified atom stereocenters. The summed E-state index contributed by atoms with van der Waals surface area (Å²) in [5.74, 6) is 0.687. The number of anilines is 1. The van der Waals surface area contributed by atoms with E-state index >= 15 is 0 Å². The number of hydrogen-bond acceptors (Lipinski definition) is 3. The Balaban J connectivity index is 2.93. The molecule has 0 bridgehead atoms. The van der Waals surface area contributed by atoms with Crippen molar-refractivity contribution in [1.82, 2.24) is 9.97 Å². The number of rotatable bonds is 1. The van der Waals surface area contributed by atoms with Gasteiger partial charge in [-0.15, -0.1) is 0 Å². The summed E-state index contributed by atoms with van der Waals surface area (Å²) in [7, 11) is 0. The summed E-state index contributed by atoms with van der Waals surface area (Å²) in [4.78, 5) is 17.8. The van der Waals surface area contributed by atoms with Crippen LogP contribution in [0.15, 0.2) is 11.0 Å². The minimum absolute atomic E-state index is 0.117. The molecule has 1 rings (SSSR count). The molecule has 0 saturated heterocycles. The standard InChI is InChI=1S/C9H15N3O/c1-9(2,3)4-7-11-5-6(10)8(13)12-7/h5H,4,10H2,1-3H3,(H,11,12,13). The Kier molecular flexibility index (Phi) is 2.40. The molecule has 1 heterocycles. The van der Waals surface area contributed by atoms with Crippen LogP contribution in [0.1, 0.15) is 26.6 Å².